The average molecular weight is 278 g/mol. The number of nitrogens with zero attached hydrogens (tertiary/aromatic N) is 1. The first-order chi connectivity index (χ1) is 8.97. The molecule has 4 heteroatoms. The fourth-order valence-electron chi connectivity index (χ4n) is 1.97. The lowest BCUT2D eigenvalue weighted by Crippen LogP contribution is -2.26. The number of benzene rings is 1. The Balaban J connectivity index is 2.12. The molecule has 0 N–H and O–H groups in total. The standard InChI is InChI=1S/C15H16ClNO2/c1-10-4-5-12(11(2)8-10)9-17(3)15(18)13-6-7-14(16)19-13/h4-8H,9H2,1-3H3. The summed E-state index contributed by atoms with van der Waals surface area (Å²) in [7, 11) is 1.75. The van der Waals surface area contributed by atoms with Crippen LogP contribution in [-0.2, 0) is 6.54 Å². The van der Waals surface area contributed by atoms with Crippen molar-refractivity contribution in [3.63, 3.8) is 0 Å². The van der Waals surface area contributed by atoms with Gasteiger partial charge in [0.15, 0.2) is 11.0 Å². The molecule has 0 unspecified atom stereocenters. The molecule has 0 aliphatic rings. The van der Waals surface area contributed by atoms with Gasteiger partial charge in [0.2, 0.25) is 0 Å². The van der Waals surface area contributed by atoms with E-state index in [1.165, 1.54) is 11.1 Å². The number of aryl methyl sites for hydroxylation is 2. The Morgan fingerprint density at radius 3 is 2.58 bits per heavy atom. The van der Waals surface area contributed by atoms with Crippen LogP contribution in [0.25, 0.3) is 0 Å². The second-order valence-electron chi connectivity index (χ2n) is 4.69. The molecular formula is C15H16ClNO2. The minimum absolute atomic E-state index is 0.174. The monoisotopic (exact) mass is 277 g/mol. The van der Waals surface area contributed by atoms with Gasteiger partial charge in [-0.15, -0.1) is 0 Å². The molecular weight excluding hydrogens is 262 g/mol. The van der Waals surface area contributed by atoms with Crippen molar-refractivity contribution < 1.29 is 9.21 Å². The van der Waals surface area contributed by atoms with Crippen molar-refractivity contribution in [1.29, 1.82) is 0 Å². The molecule has 0 aliphatic carbocycles. The number of carbonyl (C=O) groups is 1. The summed E-state index contributed by atoms with van der Waals surface area (Å²) in [6, 6.07) is 9.36. The molecule has 19 heavy (non-hydrogen) atoms. The van der Waals surface area contributed by atoms with Crippen LogP contribution in [0.3, 0.4) is 0 Å². The molecule has 1 amide bonds. The van der Waals surface area contributed by atoms with E-state index in [1.807, 2.05) is 19.1 Å². The van der Waals surface area contributed by atoms with E-state index in [-0.39, 0.29) is 16.9 Å². The van der Waals surface area contributed by atoms with E-state index in [9.17, 15) is 4.79 Å². The smallest absolute Gasteiger partial charge is 0.289 e. The first-order valence-electron chi connectivity index (χ1n) is 6.04. The third kappa shape index (κ3) is 3.18. The lowest BCUT2D eigenvalue weighted by molar-refractivity contribution is 0.0753. The Hall–Kier alpha value is -1.74. The first-order valence-corrected chi connectivity index (χ1v) is 6.42. The van der Waals surface area contributed by atoms with Crippen LogP contribution in [0.5, 0.6) is 0 Å². The van der Waals surface area contributed by atoms with Crippen molar-refractivity contribution >= 4 is 17.5 Å². The van der Waals surface area contributed by atoms with Gasteiger partial charge in [-0.2, -0.15) is 0 Å². The lowest BCUT2D eigenvalue weighted by atomic mass is 10.1. The van der Waals surface area contributed by atoms with Crippen molar-refractivity contribution in [3.8, 4) is 0 Å². The Labute approximate surface area is 117 Å². The molecule has 0 spiro atoms. The molecule has 0 aliphatic heterocycles. The molecule has 0 saturated carbocycles. The highest BCUT2D eigenvalue weighted by Gasteiger charge is 2.16. The predicted octanol–water partition coefficient (Wildman–Crippen LogP) is 3.82. The van der Waals surface area contributed by atoms with Crippen LogP contribution in [0.15, 0.2) is 34.7 Å². The molecule has 0 bridgehead atoms. The van der Waals surface area contributed by atoms with Crippen molar-refractivity contribution in [3.05, 3.63) is 58.0 Å². The predicted molar refractivity (Wildman–Crippen MR) is 75.4 cm³/mol. The normalized spacial score (nSPS) is 10.5. The van der Waals surface area contributed by atoms with Gasteiger partial charge in [0, 0.05) is 13.6 Å². The summed E-state index contributed by atoms with van der Waals surface area (Å²) < 4.78 is 5.13. The number of halogens is 1. The van der Waals surface area contributed by atoms with Crippen molar-refractivity contribution in [2.75, 3.05) is 7.05 Å². The Morgan fingerprint density at radius 2 is 2.00 bits per heavy atom. The Kier molecular flexibility index (Phi) is 3.96. The number of carbonyl (C=O) groups excluding carboxylic acids is 1. The largest absolute Gasteiger partial charge is 0.440 e. The van der Waals surface area contributed by atoms with Crippen LogP contribution in [0.1, 0.15) is 27.2 Å². The second-order valence-corrected chi connectivity index (χ2v) is 5.07. The molecule has 2 aromatic rings. The van der Waals surface area contributed by atoms with Gasteiger partial charge in [-0.3, -0.25) is 4.79 Å². The second kappa shape index (κ2) is 5.49. The molecule has 0 fully saturated rings. The van der Waals surface area contributed by atoms with Crippen molar-refractivity contribution in [2.24, 2.45) is 0 Å². The van der Waals surface area contributed by atoms with Crippen LogP contribution in [0.2, 0.25) is 5.22 Å². The van der Waals surface area contributed by atoms with Crippen molar-refractivity contribution in [1.82, 2.24) is 4.90 Å². The Bertz CT molecular complexity index is 604. The zero-order valence-corrected chi connectivity index (χ0v) is 12.0. The van der Waals surface area contributed by atoms with Gasteiger partial charge >= 0.3 is 0 Å². The SMILES string of the molecule is Cc1ccc(CN(C)C(=O)c2ccc(Cl)o2)c(C)c1. The number of rotatable bonds is 3. The van der Waals surface area contributed by atoms with E-state index in [4.69, 9.17) is 16.0 Å². The summed E-state index contributed by atoms with van der Waals surface area (Å²) in [6.07, 6.45) is 0. The molecule has 2 rings (SSSR count). The summed E-state index contributed by atoms with van der Waals surface area (Å²) in [5.41, 5.74) is 3.52. The van der Waals surface area contributed by atoms with Crippen LogP contribution in [0.4, 0.5) is 0 Å². The van der Waals surface area contributed by atoms with Crippen LogP contribution in [-0.4, -0.2) is 17.9 Å². The third-order valence-electron chi connectivity index (χ3n) is 3.04. The topological polar surface area (TPSA) is 33.5 Å². The summed E-state index contributed by atoms with van der Waals surface area (Å²) in [5, 5.41) is 0.225. The van der Waals surface area contributed by atoms with Crippen molar-refractivity contribution in [2.45, 2.75) is 20.4 Å². The van der Waals surface area contributed by atoms with E-state index in [0.29, 0.717) is 6.54 Å². The maximum atomic E-state index is 12.1. The molecule has 0 radical (unpaired) electrons. The number of amides is 1. The maximum Gasteiger partial charge on any atom is 0.289 e. The third-order valence-corrected chi connectivity index (χ3v) is 3.24. The highest BCUT2D eigenvalue weighted by atomic mass is 35.5. The molecule has 1 aromatic carbocycles. The molecule has 0 saturated heterocycles. The lowest BCUT2D eigenvalue weighted by Gasteiger charge is -2.17. The van der Waals surface area contributed by atoms with Crippen LogP contribution >= 0.6 is 11.6 Å². The molecule has 3 nitrogen and oxygen atoms in total. The fourth-order valence-corrected chi connectivity index (χ4v) is 2.11. The van der Waals surface area contributed by atoms with Gasteiger partial charge in [0.05, 0.1) is 0 Å². The highest BCUT2D eigenvalue weighted by molar-refractivity contribution is 6.29. The van der Waals surface area contributed by atoms with Gasteiger partial charge < -0.3 is 9.32 Å². The number of furan rings is 1. The van der Waals surface area contributed by atoms with Gasteiger partial charge in [0.25, 0.3) is 5.91 Å². The van der Waals surface area contributed by atoms with E-state index < -0.39 is 0 Å². The van der Waals surface area contributed by atoms with Gasteiger partial charge in [-0.25, -0.2) is 0 Å². The van der Waals surface area contributed by atoms with E-state index >= 15 is 0 Å². The fraction of sp³-hybridized carbons (Fsp3) is 0.267. The maximum absolute atomic E-state index is 12.1. The molecule has 100 valence electrons. The van der Waals surface area contributed by atoms with Gasteiger partial charge in [0.1, 0.15) is 0 Å². The zero-order valence-electron chi connectivity index (χ0n) is 11.2. The Morgan fingerprint density at radius 1 is 1.26 bits per heavy atom. The minimum atomic E-state index is -0.174. The zero-order chi connectivity index (χ0) is 14.0. The molecule has 1 heterocycles. The van der Waals surface area contributed by atoms with Gasteiger partial charge in [-0.05, 0) is 48.7 Å². The summed E-state index contributed by atoms with van der Waals surface area (Å²) in [6.45, 7) is 4.64. The number of hydrogen-bond donors (Lipinski definition) is 0. The molecule has 1 aromatic heterocycles. The van der Waals surface area contributed by atoms with Crippen LogP contribution in [0, 0.1) is 13.8 Å². The van der Waals surface area contributed by atoms with Gasteiger partial charge in [-0.1, -0.05) is 23.8 Å². The summed E-state index contributed by atoms with van der Waals surface area (Å²) >= 11 is 5.67. The van der Waals surface area contributed by atoms with E-state index in [0.717, 1.165) is 5.56 Å². The highest BCUT2D eigenvalue weighted by Crippen LogP contribution is 2.17. The summed E-state index contributed by atoms with van der Waals surface area (Å²) in [4.78, 5) is 13.7. The summed E-state index contributed by atoms with van der Waals surface area (Å²) in [5.74, 6) is 0.0872. The molecule has 0 atom stereocenters. The minimum Gasteiger partial charge on any atom is -0.440 e. The van der Waals surface area contributed by atoms with E-state index in [1.54, 1.807) is 24.1 Å². The van der Waals surface area contributed by atoms with E-state index in [2.05, 4.69) is 13.0 Å². The average Bonchev–Trinajstić information content (AvgIpc) is 2.78. The number of hydrogen-bond acceptors (Lipinski definition) is 2. The first kappa shape index (κ1) is 13.7. The quantitative estimate of drug-likeness (QED) is 0.854. The van der Waals surface area contributed by atoms with Crippen LogP contribution < -0.4 is 0 Å².